The molecule has 0 aliphatic heterocycles. The Balaban J connectivity index is 2.00. The number of fused-ring (bicyclic) bond motifs is 1. The molecule has 0 unspecified atom stereocenters. The molecule has 0 radical (unpaired) electrons. The smallest absolute Gasteiger partial charge is 0.305 e. The molecule has 2 aromatic rings. The summed E-state index contributed by atoms with van der Waals surface area (Å²) in [6.07, 6.45) is 4.40. The molecule has 0 aromatic carbocycles. The van der Waals surface area contributed by atoms with Crippen LogP contribution in [0.25, 0.3) is 11.2 Å². The van der Waals surface area contributed by atoms with E-state index in [-0.39, 0.29) is 5.97 Å². The van der Waals surface area contributed by atoms with Gasteiger partial charge in [-0.2, -0.15) is 0 Å². The minimum atomic E-state index is -0.189. The van der Waals surface area contributed by atoms with Gasteiger partial charge in [0.2, 0.25) is 0 Å². The Bertz CT molecular complexity index is 573. The minimum absolute atomic E-state index is 0.189. The van der Waals surface area contributed by atoms with E-state index in [0.29, 0.717) is 12.1 Å². The molecule has 0 aliphatic rings. The Kier molecular flexibility index (Phi) is 4.22. The fourth-order valence-corrected chi connectivity index (χ4v) is 1.73. The van der Waals surface area contributed by atoms with Gasteiger partial charge in [-0.3, -0.25) is 9.78 Å². The standard InChI is InChI=1S/C13H16N4O2/c1-17(9-3-4-12(18)19-2)11-6-5-10-13(16-11)15-8-7-14-10/h5-8H,3-4,9H2,1-2H3. The molecule has 19 heavy (non-hydrogen) atoms. The highest BCUT2D eigenvalue weighted by atomic mass is 16.5. The van der Waals surface area contributed by atoms with Gasteiger partial charge in [0.25, 0.3) is 0 Å². The Morgan fingerprint density at radius 2 is 2.11 bits per heavy atom. The van der Waals surface area contributed by atoms with Crippen LogP contribution in [0.5, 0.6) is 0 Å². The number of esters is 1. The number of nitrogens with zero attached hydrogens (tertiary/aromatic N) is 4. The molecule has 0 fully saturated rings. The molecule has 100 valence electrons. The summed E-state index contributed by atoms with van der Waals surface area (Å²) in [7, 11) is 3.33. The lowest BCUT2D eigenvalue weighted by atomic mass is 10.3. The highest BCUT2D eigenvalue weighted by Gasteiger charge is 2.06. The van der Waals surface area contributed by atoms with Crippen molar-refractivity contribution in [1.82, 2.24) is 15.0 Å². The van der Waals surface area contributed by atoms with Gasteiger partial charge in [0.05, 0.1) is 7.11 Å². The molecule has 6 heteroatoms. The van der Waals surface area contributed by atoms with E-state index in [0.717, 1.165) is 24.3 Å². The number of hydrogen-bond donors (Lipinski definition) is 0. The van der Waals surface area contributed by atoms with E-state index in [9.17, 15) is 4.79 Å². The fourth-order valence-electron chi connectivity index (χ4n) is 1.73. The van der Waals surface area contributed by atoms with Crippen molar-refractivity contribution in [2.45, 2.75) is 12.8 Å². The normalized spacial score (nSPS) is 10.4. The topological polar surface area (TPSA) is 68.2 Å². The van der Waals surface area contributed by atoms with Gasteiger partial charge in [0.15, 0.2) is 5.65 Å². The maximum atomic E-state index is 11.0. The second kappa shape index (κ2) is 6.08. The summed E-state index contributed by atoms with van der Waals surface area (Å²) in [5, 5.41) is 0. The van der Waals surface area contributed by atoms with Crippen molar-refractivity contribution < 1.29 is 9.53 Å². The molecule has 0 amide bonds. The number of ether oxygens (including phenoxy) is 1. The molecule has 6 nitrogen and oxygen atoms in total. The molecular weight excluding hydrogens is 244 g/mol. The quantitative estimate of drug-likeness (QED) is 0.757. The van der Waals surface area contributed by atoms with Gasteiger partial charge < -0.3 is 9.64 Å². The lowest BCUT2D eigenvalue weighted by Gasteiger charge is -2.17. The van der Waals surface area contributed by atoms with Crippen LogP contribution < -0.4 is 4.90 Å². The van der Waals surface area contributed by atoms with Gasteiger partial charge in [0.1, 0.15) is 11.3 Å². The van der Waals surface area contributed by atoms with Crippen molar-refractivity contribution in [3.63, 3.8) is 0 Å². The van der Waals surface area contributed by atoms with Crippen LogP contribution >= 0.6 is 0 Å². The molecule has 2 aromatic heterocycles. The van der Waals surface area contributed by atoms with E-state index >= 15 is 0 Å². The predicted molar refractivity (Wildman–Crippen MR) is 71.9 cm³/mol. The number of hydrogen-bond acceptors (Lipinski definition) is 6. The van der Waals surface area contributed by atoms with Crippen LogP contribution in [0.4, 0.5) is 5.82 Å². The first kappa shape index (κ1) is 13.2. The largest absolute Gasteiger partial charge is 0.469 e. The summed E-state index contributed by atoms with van der Waals surface area (Å²) in [6, 6.07) is 3.79. The summed E-state index contributed by atoms with van der Waals surface area (Å²) >= 11 is 0. The summed E-state index contributed by atoms with van der Waals surface area (Å²) in [4.78, 5) is 25.8. The monoisotopic (exact) mass is 260 g/mol. The van der Waals surface area contributed by atoms with E-state index < -0.39 is 0 Å². The van der Waals surface area contributed by atoms with Crippen LogP contribution in [0.15, 0.2) is 24.5 Å². The first-order chi connectivity index (χ1) is 9.20. The summed E-state index contributed by atoms with van der Waals surface area (Å²) in [5.41, 5.74) is 1.40. The summed E-state index contributed by atoms with van der Waals surface area (Å²) < 4.78 is 4.60. The minimum Gasteiger partial charge on any atom is -0.469 e. The number of anilines is 1. The van der Waals surface area contributed by atoms with Gasteiger partial charge in [-0.05, 0) is 18.6 Å². The summed E-state index contributed by atoms with van der Waals surface area (Å²) in [5.74, 6) is 0.628. The number of carbonyl (C=O) groups excluding carboxylic acids is 1. The Morgan fingerprint density at radius 1 is 1.32 bits per heavy atom. The average molecular weight is 260 g/mol. The third kappa shape index (κ3) is 3.37. The molecular formula is C13H16N4O2. The number of carbonyl (C=O) groups is 1. The van der Waals surface area contributed by atoms with Gasteiger partial charge in [-0.15, -0.1) is 0 Å². The zero-order chi connectivity index (χ0) is 13.7. The molecule has 2 heterocycles. The third-order valence-electron chi connectivity index (χ3n) is 2.81. The predicted octanol–water partition coefficient (Wildman–Crippen LogP) is 1.41. The van der Waals surface area contributed by atoms with E-state index in [1.54, 1.807) is 12.4 Å². The van der Waals surface area contributed by atoms with Crippen molar-refractivity contribution in [1.29, 1.82) is 0 Å². The van der Waals surface area contributed by atoms with E-state index in [1.165, 1.54) is 7.11 Å². The van der Waals surface area contributed by atoms with E-state index in [1.807, 2.05) is 24.1 Å². The first-order valence-electron chi connectivity index (χ1n) is 6.06. The van der Waals surface area contributed by atoms with Crippen LogP contribution in [0.3, 0.4) is 0 Å². The van der Waals surface area contributed by atoms with Gasteiger partial charge >= 0.3 is 5.97 Å². The Hall–Kier alpha value is -2.24. The average Bonchev–Trinajstić information content (AvgIpc) is 2.46. The zero-order valence-corrected chi connectivity index (χ0v) is 11.0. The van der Waals surface area contributed by atoms with Gasteiger partial charge in [-0.1, -0.05) is 0 Å². The number of pyridine rings is 1. The van der Waals surface area contributed by atoms with Crippen molar-refractivity contribution in [2.24, 2.45) is 0 Å². The van der Waals surface area contributed by atoms with Crippen molar-refractivity contribution in [2.75, 3.05) is 25.6 Å². The van der Waals surface area contributed by atoms with E-state index in [4.69, 9.17) is 0 Å². The maximum Gasteiger partial charge on any atom is 0.305 e. The van der Waals surface area contributed by atoms with Gasteiger partial charge in [-0.25, -0.2) is 9.97 Å². The van der Waals surface area contributed by atoms with Crippen molar-refractivity contribution in [3.8, 4) is 0 Å². The molecule has 0 spiro atoms. The van der Waals surface area contributed by atoms with Gasteiger partial charge in [0, 0.05) is 32.4 Å². The molecule has 0 atom stereocenters. The first-order valence-corrected chi connectivity index (χ1v) is 6.06. The lowest BCUT2D eigenvalue weighted by molar-refractivity contribution is -0.140. The molecule has 0 saturated heterocycles. The van der Waals surface area contributed by atoms with Crippen LogP contribution in [0, 0.1) is 0 Å². The number of methoxy groups -OCH3 is 1. The van der Waals surface area contributed by atoms with Crippen LogP contribution in [-0.2, 0) is 9.53 Å². The number of rotatable bonds is 5. The molecule has 0 bridgehead atoms. The van der Waals surface area contributed by atoms with Crippen LogP contribution in [-0.4, -0.2) is 41.6 Å². The molecule has 0 N–H and O–H groups in total. The molecule has 0 aliphatic carbocycles. The second-order valence-corrected chi connectivity index (χ2v) is 4.17. The maximum absolute atomic E-state index is 11.0. The zero-order valence-electron chi connectivity index (χ0n) is 11.0. The molecule has 0 saturated carbocycles. The lowest BCUT2D eigenvalue weighted by Crippen LogP contribution is -2.20. The second-order valence-electron chi connectivity index (χ2n) is 4.17. The van der Waals surface area contributed by atoms with Crippen LogP contribution in [0.1, 0.15) is 12.8 Å². The molecule has 2 rings (SSSR count). The summed E-state index contributed by atoms with van der Waals surface area (Å²) in [6.45, 7) is 0.730. The number of aromatic nitrogens is 3. The van der Waals surface area contributed by atoms with Crippen molar-refractivity contribution in [3.05, 3.63) is 24.5 Å². The van der Waals surface area contributed by atoms with Crippen LogP contribution in [0.2, 0.25) is 0 Å². The van der Waals surface area contributed by atoms with Crippen molar-refractivity contribution >= 4 is 23.0 Å². The third-order valence-corrected chi connectivity index (χ3v) is 2.81. The Morgan fingerprint density at radius 3 is 2.89 bits per heavy atom. The SMILES string of the molecule is COC(=O)CCCN(C)c1ccc2nccnc2n1. The highest BCUT2D eigenvalue weighted by Crippen LogP contribution is 2.14. The Labute approximate surface area is 111 Å². The van der Waals surface area contributed by atoms with E-state index in [2.05, 4.69) is 19.7 Å². The highest BCUT2D eigenvalue weighted by molar-refractivity contribution is 5.71. The fraction of sp³-hybridized carbons (Fsp3) is 0.385.